The van der Waals surface area contributed by atoms with Crippen molar-refractivity contribution in [2.24, 2.45) is 0 Å². The summed E-state index contributed by atoms with van der Waals surface area (Å²) in [6.07, 6.45) is 0. The Kier molecular flexibility index (Phi) is 4.05. The van der Waals surface area contributed by atoms with E-state index in [9.17, 15) is 14.4 Å². The van der Waals surface area contributed by atoms with Crippen molar-refractivity contribution >= 4 is 23.5 Å². The van der Waals surface area contributed by atoms with Gasteiger partial charge in [-0.1, -0.05) is 48.5 Å². The maximum atomic E-state index is 12.9. The SMILES string of the molecule is COC(=O)c1cccc(N2C(=O)c3ccccc3C2=O)c1-c1ccccc1. The molecule has 4 rings (SSSR count). The molecule has 5 heteroatoms. The molecule has 0 unspecified atom stereocenters. The summed E-state index contributed by atoms with van der Waals surface area (Å²) in [5.41, 5.74) is 2.55. The number of hydrogen-bond donors (Lipinski definition) is 0. The van der Waals surface area contributed by atoms with Crippen LogP contribution in [0.4, 0.5) is 5.69 Å². The molecule has 0 bridgehead atoms. The molecule has 132 valence electrons. The van der Waals surface area contributed by atoms with Gasteiger partial charge in [-0.15, -0.1) is 0 Å². The van der Waals surface area contributed by atoms with Gasteiger partial charge < -0.3 is 4.74 Å². The molecule has 27 heavy (non-hydrogen) atoms. The predicted molar refractivity (Wildman–Crippen MR) is 101 cm³/mol. The molecular weight excluding hydrogens is 342 g/mol. The van der Waals surface area contributed by atoms with Gasteiger partial charge in [0.25, 0.3) is 11.8 Å². The van der Waals surface area contributed by atoms with Gasteiger partial charge >= 0.3 is 5.97 Å². The Morgan fingerprint density at radius 3 is 1.96 bits per heavy atom. The number of methoxy groups -OCH3 is 1. The first kappa shape index (κ1) is 16.7. The molecule has 5 nitrogen and oxygen atoms in total. The third-order valence-electron chi connectivity index (χ3n) is 4.55. The van der Waals surface area contributed by atoms with Crippen molar-refractivity contribution in [2.75, 3.05) is 12.0 Å². The summed E-state index contributed by atoms with van der Waals surface area (Å²) < 4.78 is 4.90. The lowest BCUT2D eigenvalue weighted by Gasteiger charge is -2.20. The molecule has 0 radical (unpaired) electrons. The van der Waals surface area contributed by atoms with Crippen LogP contribution < -0.4 is 4.90 Å². The van der Waals surface area contributed by atoms with Crippen LogP contribution in [0, 0.1) is 0 Å². The van der Waals surface area contributed by atoms with Crippen molar-refractivity contribution in [2.45, 2.75) is 0 Å². The first-order chi connectivity index (χ1) is 13.1. The van der Waals surface area contributed by atoms with E-state index in [0.29, 0.717) is 27.9 Å². The summed E-state index contributed by atoms with van der Waals surface area (Å²) in [6, 6.07) is 20.8. The molecule has 0 spiro atoms. The molecule has 0 aliphatic carbocycles. The Morgan fingerprint density at radius 2 is 1.37 bits per heavy atom. The number of anilines is 1. The van der Waals surface area contributed by atoms with Crippen molar-refractivity contribution in [1.82, 2.24) is 0 Å². The monoisotopic (exact) mass is 357 g/mol. The lowest BCUT2D eigenvalue weighted by molar-refractivity contribution is 0.0601. The molecule has 1 heterocycles. The van der Waals surface area contributed by atoms with Gasteiger partial charge in [0.1, 0.15) is 0 Å². The molecule has 1 aliphatic rings. The van der Waals surface area contributed by atoms with E-state index >= 15 is 0 Å². The number of benzene rings is 3. The van der Waals surface area contributed by atoms with Crippen LogP contribution in [-0.2, 0) is 4.74 Å². The van der Waals surface area contributed by atoms with Crippen LogP contribution >= 0.6 is 0 Å². The van der Waals surface area contributed by atoms with E-state index in [1.807, 2.05) is 30.3 Å². The highest BCUT2D eigenvalue weighted by atomic mass is 16.5. The third kappa shape index (κ3) is 2.60. The minimum Gasteiger partial charge on any atom is -0.465 e. The average molecular weight is 357 g/mol. The second-order valence-electron chi connectivity index (χ2n) is 6.05. The summed E-state index contributed by atoms with van der Waals surface area (Å²) in [7, 11) is 1.30. The van der Waals surface area contributed by atoms with E-state index < -0.39 is 17.8 Å². The van der Waals surface area contributed by atoms with Gasteiger partial charge in [0.2, 0.25) is 0 Å². The quantitative estimate of drug-likeness (QED) is 0.526. The summed E-state index contributed by atoms with van der Waals surface area (Å²) in [6.45, 7) is 0. The Bertz CT molecular complexity index is 1040. The van der Waals surface area contributed by atoms with Crippen molar-refractivity contribution in [3.63, 3.8) is 0 Å². The van der Waals surface area contributed by atoms with Gasteiger partial charge in [0, 0.05) is 5.56 Å². The van der Waals surface area contributed by atoms with Gasteiger partial charge in [-0.2, -0.15) is 0 Å². The molecule has 2 amide bonds. The van der Waals surface area contributed by atoms with Gasteiger partial charge in [-0.05, 0) is 29.8 Å². The fourth-order valence-electron chi connectivity index (χ4n) is 3.32. The molecule has 0 N–H and O–H groups in total. The molecule has 0 saturated carbocycles. The summed E-state index contributed by atoms with van der Waals surface area (Å²) >= 11 is 0. The van der Waals surface area contributed by atoms with Crippen LogP contribution in [0.5, 0.6) is 0 Å². The molecule has 3 aromatic carbocycles. The fourth-order valence-corrected chi connectivity index (χ4v) is 3.32. The van der Waals surface area contributed by atoms with Gasteiger partial charge in [-0.25, -0.2) is 9.69 Å². The highest BCUT2D eigenvalue weighted by Gasteiger charge is 2.38. The van der Waals surface area contributed by atoms with Gasteiger partial charge in [0.15, 0.2) is 0 Å². The molecule has 0 saturated heterocycles. The number of rotatable bonds is 3. The zero-order chi connectivity index (χ0) is 19.0. The maximum Gasteiger partial charge on any atom is 0.338 e. The van der Waals surface area contributed by atoms with Crippen LogP contribution in [0.1, 0.15) is 31.1 Å². The van der Waals surface area contributed by atoms with Crippen LogP contribution in [-0.4, -0.2) is 24.9 Å². The summed E-state index contributed by atoms with van der Waals surface area (Å²) in [5.74, 6) is -1.35. The topological polar surface area (TPSA) is 63.7 Å². The Balaban J connectivity index is 1.96. The zero-order valence-electron chi connectivity index (χ0n) is 14.5. The van der Waals surface area contributed by atoms with Crippen LogP contribution in [0.3, 0.4) is 0 Å². The Labute approximate surface area is 155 Å². The van der Waals surface area contributed by atoms with E-state index in [4.69, 9.17) is 4.74 Å². The number of nitrogens with zero attached hydrogens (tertiary/aromatic N) is 1. The number of ether oxygens (including phenoxy) is 1. The predicted octanol–water partition coefficient (Wildman–Crippen LogP) is 3.94. The Morgan fingerprint density at radius 1 is 0.778 bits per heavy atom. The largest absolute Gasteiger partial charge is 0.465 e. The number of fused-ring (bicyclic) bond motifs is 1. The van der Waals surface area contributed by atoms with E-state index in [1.165, 1.54) is 7.11 Å². The van der Waals surface area contributed by atoms with E-state index in [-0.39, 0.29) is 5.56 Å². The number of amides is 2. The second-order valence-corrected chi connectivity index (χ2v) is 6.05. The van der Waals surface area contributed by atoms with E-state index in [1.54, 1.807) is 42.5 Å². The fraction of sp³-hybridized carbons (Fsp3) is 0.0455. The minimum atomic E-state index is -0.535. The summed E-state index contributed by atoms with van der Waals surface area (Å²) in [5, 5.41) is 0. The average Bonchev–Trinajstić information content (AvgIpc) is 2.98. The van der Waals surface area contributed by atoms with Gasteiger partial charge in [0.05, 0.1) is 29.5 Å². The van der Waals surface area contributed by atoms with Crippen molar-refractivity contribution in [3.05, 3.63) is 89.5 Å². The molecule has 0 fully saturated rings. The summed E-state index contributed by atoms with van der Waals surface area (Å²) in [4.78, 5) is 39.3. The molecule has 0 atom stereocenters. The smallest absolute Gasteiger partial charge is 0.338 e. The molecule has 3 aromatic rings. The maximum absolute atomic E-state index is 12.9. The molecule has 1 aliphatic heterocycles. The minimum absolute atomic E-state index is 0.290. The second kappa shape index (κ2) is 6.53. The highest BCUT2D eigenvalue weighted by Crippen LogP contribution is 2.38. The van der Waals surface area contributed by atoms with Crippen molar-refractivity contribution < 1.29 is 19.1 Å². The van der Waals surface area contributed by atoms with Crippen LogP contribution in [0.2, 0.25) is 0 Å². The highest BCUT2D eigenvalue weighted by molar-refractivity contribution is 6.35. The van der Waals surface area contributed by atoms with Crippen molar-refractivity contribution in [1.29, 1.82) is 0 Å². The number of carbonyl (C=O) groups excluding carboxylic acids is 3. The standard InChI is InChI=1S/C22H15NO4/c1-27-22(26)17-12-7-13-18(19(17)14-8-3-2-4-9-14)23-20(24)15-10-5-6-11-16(15)21(23)25/h2-13H,1H3. The number of hydrogen-bond acceptors (Lipinski definition) is 4. The lowest BCUT2D eigenvalue weighted by atomic mass is 9.97. The number of carbonyl (C=O) groups is 3. The first-order valence-corrected chi connectivity index (χ1v) is 8.38. The Hall–Kier alpha value is -3.73. The van der Waals surface area contributed by atoms with Crippen LogP contribution in [0.25, 0.3) is 11.1 Å². The number of imide groups is 1. The van der Waals surface area contributed by atoms with Gasteiger partial charge in [-0.3, -0.25) is 9.59 Å². The van der Waals surface area contributed by atoms with E-state index in [2.05, 4.69) is 0 Å². The van der Waals surface area contributed by atoms with E-state index in [0.717, 1.165) is 4.90 Å². The third-order valence-corrected chi connectivity index (χ3v) is 4.55. The first-order valence-electron chi connectivity index (χ1n) is 8.38. The lowest BCUT2D eigenvalue weighted by Crippen LogP contribution is -2.30. The number of esters is 1. The molecular formula is C22H15NO4. The zero-order valence-corrected chi connectivity index (χ0v) is 14.5. The van der Waals surface area contributed by atoms with Crippen LogP contribution in [0.15, 0.2) is 72.8 Å². The normalized spacial score (nSPS) is 12.9. The van der Waals surface area contributed by atoms with Crippen molar-refractivity contribution in [3.8, 4) is 11.1 Å². The molecule has 0 aromatic heterocycles.